The van der Waals surface area contributed by atoms with Crippen molar-refractivity contribution in [3.63, 3.8) is 0 Å². The molecule has 2 aromatic heterocycles. The van der Waals surface area contributed by atoms with E-state index in [2.05, 4.69) is 9.97 Å². The van der Waals surface area contributed by atoms with Crippen molar-refractivity contribution >= 4 is 0 Å². The number of hydrogen-bond donors (Lipinski definition) is 3. The van der Waals surface area contributed by atoms with Crippen molar-refractivity contribution in [2.45, 2.75) is 54.7 Å². The van der Waals surface area contributed by atoms with E-state index in [4.69, 9.17) is 37.9 Å². The Balaban J connectivity index is 1.16. The summed E-state index contributed by atoms with van der Waals surface area (Å²) in [6, 6.07) is 27.4. The summed E-state index contributed by atoms with van der Waals surface area (Å²) in [6.45, 7) is 0.629. The third-order valence-electron chi connectivity index (χ3n) is 11.3. The van der Waals surface area contributed by atoms with Crippen LogP contribution in [-0.4, -0.2) is 128 Å². The first kappa shape index (κ1) is 44.4. The number of likely N-dealkylation sites (N-methyl/N-ethyl adjacent to an activating group) is 1. The molecule has 3 N–H and O–H groups in total. The van der Waals surface area contributed by atoms with E-state index in [1.165, 1.54) is 47.9 Å². The lowest BCUT2D eigenvalue weighted by atomic mass is 9.80. The quantitative estimate of drug-likeness (QED) is 0.107. The number of aromatic nitrogens is 4. The minimum Gasteiger partial charge on any atom is -0.497 e. The van der Waals surface area contributed by atoms with Crippen molar-refractivity contribution in [3.8, 4) is 11.5 Å². The number of aliphatic hydroxyl groups excluding tert-OH is 1. The monoisotopic (exact) mass is 857 g/mol. The summed E-state index contributed by atoms with van der Waals surface area (Å²) in [7, 11) is 7.92. The summed E-state index contributed by atoms with van der Waals surface area (Å²) in [5.74, 6) is 1.33. The van der Waals surface area contributed by atoms with Crippen LogP contribution in [0.3, 0.4) is 0 Å². The fourth-order valence-electron chi connectivity index (χ4n) is 8.15. The van der Waals surface area contributed by atoms with Crippen LogP contribution in [0.2, 0.25) is 0 Å². The predicted molar refractivity (Wildman–Crippen MR) is 224 cm³/mol. The molecule has 3 aromatic carbocycles. The topological polar surface area (TPSA) is 207 Å². The van der Waals surface area contributed by atoms with Gasteiger partial charge in [-0.15, -0.1) is 0 Å². The standard InChI is InChI=1S/C44H51N5O13/c1-47(25-32-36(52)38(57-4)40(61-32)48-21-19-34(50)45-42(48)53)23-24-59-37-33(62-41(39(37)58-5)49-22-20-35(51)46-43(49)54)26-60-44(27-9-7-6-8-10-27,28-11-15-30(55-2)16-12-28)29-13-17-31(56-3)18-14-29/h6-22,32-33,36-41,52H,23-26H2,1-5H3,(H,45,50,53)(H,46,51,54)/t32-,33-,36-,37-,38-,39-,40-,41-/m1/s1. The Morgan fingerprint density at radius 3 is 1.66 bits per heavy atom. The van der Waals surface area contributed by atoms with Crippen LogP contribution in [0.4, 0.5) is 0 Å². The lowest BCUT2D eigenvalue weighted by Crippen LogP contribution is -2.43. The second-order valence-electron chi connectivity index (χ2n) is 15.0. The molecule has 62 heavy (non-hydrogen) atoms. The van der Waals surface area contributed by atoms with Crippen molar-refractivity contribution in [2.75, 3.05) is 61.8 Å². The van der Waals surface area contributed by atoms with Crippen molar-refractivity contribution < 1.29 is 43.0 Å². The normalized spacial score (nSPS) is 23.8. The Morgan fingerprint density at radius 1 is 0.661 bits per heavy atom. The number of hydrogen-bond acceptors (Lipinski definition) is 14. The molecule has 0 amide bonds. The van der Waals surface area contributed by atoms with Crippen molar-refractivity contribution in [1.82, 2.24) is 24.0 Å². The molecule has 2 aliphatic heterocycles. The molecule has 0 unspecified atom stereocenters. The highest BCUT2D eigenvalue weighted by Crippen LogP contribution is 2.43. The van der Waals surface area contributed by atoms with Crippen LogP contribution in [-0.2, 0) is 34.0 Å². The van der Waals surface area contributed by atoms with Crippen LogP contribution in [0.15, 0.2) is 123 Å². The average Bonchev–Trinajstić information content (AvgIpc) is 3.79. The molecule has 5 aromatic rings. The molecule has 7 rings (SSSR count). The Labute approximate surface area is 356 Å². The molecule has 0 spiro atoms. The van der Waals surface area contributed by atoms with Crippen LogP contribution in [0.5, 0.6) is 11.5 Å². The van der Waals surface area contributed by atoms with Crippen LogP contribution in [0, 0.1) is 0 Å². The van der Waals surface area contributed by atoms with Gasteiger partial charge in [-0.25, -0.2) is 9.59 Å². The van der Waals surface area contributed by atoms with Gasteiger partial charge in [0, 0.05) is 51.8 Å². The highest BCUT2D eigenvalue weighted by Gasteiger charge is 2.50. The number of nitrogens with zero attached hydrogens (tertiary/aromatic N) is 3. The van der Waals surface area contributed by atoms with E-state index >= 15 is 0 Å². The molecule has 2 fully saturated rings. The van der Waals surface area contributed by atoms with E-state index in [1.807, 2.05) is 90.8 Å². The summed E-state index contributed by atoms with van der Waals surface area (Å²) in [4.78, 5) is 55.9. The third-order valence-corrected chi connectivity index (χ3v) is 11.3. The maximum atomic E-state index is 13.2. The number of benzene rings is 3. The van der Waals surface area contributed by atoms with Gasteiger partial charge in [-0.1, -0.05) is 54.6 Å². The molecular weight excluding hydrogens is 807 g/mol. The molecule has 2 saturated heterocycles. The Bertz CT molecular complexity index is 2430. The average molecular weight is 858 g/mol. The Morgan fingerprint density at radius 2 is 1.16 bits per heavy atom. The highest BCUT2D eigenvalue weighted by molar-refractivity contribution is 5.49. The van der Waals surface area contributed by atoms with Gasteiger partial charge in [0.1, 0.15) is 53.7 Å². The van der Waals surface area contributed by atoms with E-state index in [9.17, 15) is 24.3 Å². The van der Waals surface area contributed by atoms with E-state index in [0.29, 0.717) is 18.0 Å². The van der Waals surface area contributed by atoms with Crippen LogP contribution in [0.25, 0.3) is 0 Å². The molecule has 8 atom stereocenters. The summed E-state index contributed by atoms with van der Waals surface area (Å²) < 4.78 is 51.5. The van der Waals surface area contributed by atoms with Crippen molar-refractivity contribution in [1.29, 1.82) is 0 Å². The van der Waals surface area contributed by atoms with Gasteiger partial charge >= 0.3 is 11.4 Å². The number of H-pyrrole nitrogens is 2. The summed E-state index contributed by atoms with van der Waals surface area (Å²) in [5, 5.41) is 11.2. The van der Waals surface area contributed by atoms with E-state index in [1.54, 1.807) is 14.2 Å². The highest BCUT2D eigenvalue weighted by atomic mass is 16.6. The molecule has 0 aliphatic carbocycles. The smallest absolute Gasteiger partial charge is 0.330 e. The van der Waals surface area contributed by atoms with E-state index < -0.39 is 77.2 Å². The Hall–Kier alpha value is -5.70. The van der Waals surface area contributed by atoms with Gasteiger partial charge in [0.05, 0.1) is 27.4 Å². The van der Waals surface area contributed by atoms with Gasteiger partial charge in [0.2, 0.25) is 0 Å². The number of nitrogens with one attached hydrogen (secondary N) is 2. The zero-order valence-electron chi connectivity index (χ0n) is 35.0. The first-order valence-electron chi connectivity index (χ1n) is 20.0. The van der Waals surface area contributed by atoms with Gasteiger partial charge in [-0.3, -0.25) is 28.7 Å². The predicted octanol–water partition coefficient (Wildman–Crippen LogP) is 1.62. The summed E-state index contributed by atoms with van der Waals surface area (Å²) in [6.07, 6.45) is -4.59. The van der Waals surface area contributed by atoms with E-state index in [0.717, 1.165) is 16.7 Å². The van der Waals surface area contributed by atoms with Gasteiger partial charge in [0.15, 0.2) is 12.5 Å². The van der Waals surface area contributed by atoms with Crippen molar-refractivity contribution in [3.05, 3.63) is 162 Å². The molecule has 4 heterocycles. The second-order valence-corrected chi connectivity index (χ2v) is 15.0. The number of aromatic amines is 2. The number of ether oxygens (including phenoxy) is 8. The molecule has 0 radical (unpaired) electrons. The SMILES string of the molecule is COc1ccc(C(OC[C@H]2O[C@@H](n3ccc(=O)[nH]c3=O)[C@H](OC)[C@@H]2OCCN(C)C[C@H]2O[C@@H](n3ccc(=O)[nH]c3=O)[C@H](OC)[C@@H]2O)(c2ccccc2)c2ccc(OC)cc2)cc1. The molecule has 2 aliphatic rings. The molecular formula is C44H51N5O13. The van der Waals surface area contributed by atoms with E-state index in [-0.39, 0.29) is 19.8 Å². The van der Waals surface area contributed by atoms with Gasteiger partial charge in [-0.2, -0.15) is 0 Å². The molecule has 330 valence electrons. The second kappa shape index (κ2) is 19.6. The zero-order valence-corrected chi connectivity index (χ0v) is 35.0. The number of rotatable bonds is 18. The molecule has 0 saturated carbocycles. The van der Waals surface area contributed by atoms with Gasteiger partial charge in [-0.05, 0) is 48.0 Å². The number of aliphatic hydroxyl groups is 1. The fraction of sp³-hybridized carbons (Fsp3) is 0.409. The van der Waals surface area contributed by atoms with Crippen LogP contribution >= 0.6 is 0 Å². The minimum atomic E-state index is -1.20. The third kappa shape index (κ3) is 9.09. The zero-order chi connectivity index (χ0) is 44.0. The lowest BCUT2D eigenvalue weighted by Gasteiger charge is -2.37. The van der Waals surface area contributed by atoms with Gasteiger partial charge in [0.25, 0.3) is 11.1 Å². The maximum Gasteiger partial charge on any atom is 0.330 e. The first-order valence-corrected chi connectivity index (χ1v) is 20.0. The first-order chi connectivity index (χ1) is 30.0. The number of methoxy groups -OCH3 is 4. The van der Waals surface area contributed by atoms with Gasteiger partial charge < -0.3 is 47.9 Å². The van der Waals surface area contributed by atoms with Crippen LogP contribution < -0.4 is 32.0 Å². The molecule has 18 nitrogen and oxygen atoms in total. The van der Waals surface area contributed by atoms with Crippen molar-refractivity contribution in [2.24, 2.45) is 0 Å². The molecule has 18 heteroatoms. The minimum absolute atomic E-state index is 0.0616. The largest absolute Gasteiger partial charge is 0.497 e. The summed E-state index contributed by atoms with van der Waals surface area (Å²) >= 11 is 0. The Kier molecular flexibility index (Phi) is 14.0. The van der Waals surface area contributed by atoms with Crippen LogP contribution in [0.1, 0.15) is 29.1 Å². The maximum absolute atomic E-state index is 13.2. The lowest BCUT2D eigenvalue weighted by molar-refractivity contribution is -0.106. The fourth-order valence-corrected chi connectivity index (χ4v) is 8.15. The molecule has 0 bridgehead atoms. The summed E-state index contributed by atoms with van der Waals surface area (Å²) in [5.41, 5.74) is -1.30.